The molecule has 178 valence electrons. The van der Waals surface area contributed by atoms with E-state index >= 15 is 0 Å². The molecule has 0 aliphatic carbocycles. The molecule has 1 saturated heterocycles. The molecule has 0 bridgehead atoms. The monoisotopic (exact) mass is 483 g/mol. The minimum Gasteiger partial charge on any atom is -0.380 e. The first-order valence-electron chi connectivity index (χ1n) is 10.9. The number of anilines is 3. The fourth-order valence-electron chi connectivity index (χ4n) is 3.90. The van der Waals surface area contributed by atoms with Crippen molar-refractivity contribution in [2.75, 3.05) is 35.1 Å². The van der Waals surface area contributed by atoms with Crippen molar-refractivity contribution in [3.63, 3.8) is 0 Å². The van der Waals surface area contributed by atoms with Crippen molar-refractivity contribution < 1.29 is 22.3 Å². The number of benzene rings is 3. The summed E-state index contributed by atoms with van der Waals surface area (Å²) in [6, 6.07) is 18.4. The van der Waals surface area contributed by atoms with E-state index in [0.717, 1.165) is 37.7 Å². The summed E-state index contributed by atoms with van der Waals surface area (Å²) in [5.41, 5.74) is 2.17. The van der Waals surface area contributed by atoms with Crippen LogP contribution >= 0.6 is 0 Å². The zero-order valence-electron chi connectivity index (χ0n) is 18.7. The van der Waals surface area contributed by atoms with Crippen LogP contribution in [0.25, 0.3) is 0 Å². The largest absolute Gasteiger partial charge is 0.380 e. The van der Waals surface area contributed by atoms with Crippen LogP contribution < -0.4 is 14.9 Å². The normalized spacial score (nSPS) is 16.2. The van der Waals surface area contributed by atoms with Crippen LogP contribution in [0.15, 0.2) is 77.7 Å². The molecule has 7 nitrogen and oxygen atoms in total. The summed E-state index contributed by atoms with van der Waals surface area (Å²) < 4.78 is 46.4. The molecule has 1 aliphatic heterocycles. The van der Waals surface area contributed by atoms with Crippen LogP contribution in [0.4, 0.5) is 21.5 Å². The van der Waals surface area contributed by atoms with Gasteiger partial charge in [0.15, 0.2) is 0 Å². The lowest BCUT2D eigenvalue weighted by Crippen LogP contribution is -2.39. The Morgan fingerprint density at radius 2 is 1.79 bits per heavy atom. The Morgan fingerprint density at radius 3 is 2.53 bits per heavy atom. The van der Waals surface area contributed by atoms with Crippen LogP contribution in [-0.4, -0.2) is 40.6 Å². The smallest absolute Gasteiger partial charge is 0.261 e. The number of methoxy groups -OCH3 is 1. The molecule has 9 heteroatoms. The Labute approximate surface area is 198 Å². The number of carbonyl (C=O) groups is 1. The third-order valence-electron chi connectivity index (χ3n) is 5.69. The van der Waals surface area contributed by atoms with Gasteiger partial charge >= 0.3 is 0 Å². The van der Waals surface area contributed by atoms with Crippen LogP contribution in [0.1, 0.15) is 23.2 Å². The van der Waals surface area contributed by atoms with Crippen molar-refractivity contribution in [3.05, 3.63) is 84.2 Å². The molecule has 1 aliphatic rings. The third-order valence-corrected chi connectivity index (χ3v) is 7.06. The average Bonchev–Trinajstić information content (AvgIpc) is 2.84. The van der Waals surface area contributed by atoms with Gasteiger partial charge in [-0.25, -0.2) is 12.8 Å². The number of rotatable bonds is 7. The number of halogens is 1. The summed E-state index contributed by atoms with van der Waals surface area (Å²) in [5, 5.41) is 2.83. The number of piperidine rings is 1. The van der Waals surface area contributed by atoms with Crippen molar-refractivity contribution in [1.82, 2.24) is 0 Å². The fraction of sp³-hybridized carbons (Fsp3) is 0.240. The highest BCUT2D eigenvalue weighted by Gasteiger charge is 2.20. The predicted molar refractivity (Wildman–Crippen MR) is 130 cm³/mol. The van der Waals surface area contributed by atoms with Gasteiger partial charge in [-0.1, -0.05) is 12.1 Å². The molecule has 1 atom stereocenters. The number of sulfonamides is 1. The number of hydrogen-bond acceptors (Lipinski definition) is 5. The second-order valence-corrected chi connectivity index (χ2v) is 9.77. The second-order valence-electron chi connectivity index (χ2n) is 8.09. The number of nitrogens with one attached hydrogen (secondary N) is 2. The van der Waals surface area contributed by atoms with E-state index < -0.39 is 15.8 Å². The number of nitrogens with zero attached hydrogens (tertiary/aromatic N) is 1. The molecule has 1 amide bonds. The Morgan fingerprint density at radius 1 is 1.03 bits per heavy atom. The Balaban J connectivity index is 1.42. The van der Waals surface area contributed by atoms with E-state index in [-0.39, 0.29) is 28.2 Å². The molecule has 0 radical (unpaired) electrons. The van der Waals surface area contributed by atoms with Crippen molar-refractivity contribution >= 4 is 33.0 Å². The summed E-state index contributed by atoms with van der Waals surface area (Å²) >= 11 is 0. The van der Waals surface area contributed by atoms with Crippen LogP contribution in [-0.2, 0) is 14.8 Å². The zero-order chi connectivity index (χ0) is 24.1. The summed E-state index contributed by atoms with van der Waals surface area (Å²) in [4.78, 5) is 14.8. The Hall–Kier alpha value is -3.43. The number of amides is 1. The zero-order valence-corrected chi connectivity index (χ0v) is 19.5. The minimum absolute atomic E-state index is 0.199. The van der Waals surface area contributed by atoms with Crippen LogP contribution in [0.3, 0.4) is 0 Å². The Bertz CT molecular complexity index is 1270. The molecule has 1 heterocycles. The average molecular weight is 484 g/mol. The van der Waals surface area contributed by atoms with E-state index in [0.29, 0.717) is 5.69 Å². The maximum absolute atomic E-state index is 13.4. The Kier molecular flexibility index (Phi) is 7.14. The molecule has 0 saturated carbocycles. The molecule has 2 N–H and O–H groups in total. The van der Waals surface area contributed by atoms with E-state index in [4.69, 9.17) is 4.74 Å². The first-order chi connectivity index (χ1) is 16.3. The molecule has 1 fully saturated rings. The summed E-state index contributed by atoms with van der Waals surface area (Å²) in [5.74, 6) is -1.03. The maximum Gasteiger partial charge on any atom is 0.261 e. The van der Waals surface area contributed by atoms with Crippen LogP contribution in [0.5, 0.6) is 0 Å². The molecule has 0 spiro atoms. The summed E-state index contributed by atoms with van der Waals surface area (Å²) in [6.45, 7) is 1.80. The van der Waals surface area contributed by atoms with Gasteiger partial charge in [-0.05, 0) is 73.5 Å². The predicted octanol–water partition coefficient (Wildman–Crippen LogP) is 4.49. The van der Waals surface area contributed by atoms with Crippen molar-refractivity contribution in [1.29, 1.82) is 0 Å². The second kappa shape index (κ2) is 10.2. The van der Waals surface area contributed by atoms with Crippen LogP contribution in [0, 0.1) is 5.82 Å². The summed E-state index contributed by atoms with van der Waals surface area (Å²) in [6.07, 6.45) is 2.34. The highest BCUT2D eigenvalue weighted by atomic mass is 32.2. The topological polar surface area (TPSA) is 87.7 Å². The van der Waals surface area contributed by atoms with Gasteiger partial charge in [-0.15, -0.1) is 0 Å². The van der Waals surface area contributed by atoms with E-state index in [9.17, 15) is 17.6 Å². The summed E-state index contributed by atoms with van der Waals surface area (Å²) in [7, 11) is -2.26. The van der Waals surface area contributed by atoms with E-state index in [1.165, 1.54) is 30.3 Å². The van der Waals surface area contributed by atoms with E-state index in [2.05, 4.69) is 14.9 Å². The molecule has 4 rings (SSSR count). The van der Waals surface area contributed by atoms with Gasteiger partial charge < -0.3 is 15.0 Å². The van der Waals surface area contributed by atoms with Gasteiger partial charge in [0.1, 0.15) is 5.82 Å². The van der Waals surface area contributed by atoms with Gasteiger partial charge in [-0.2, -0.15) is 0 Å². The molecule has 3 aromatic carbocycles. The third kappa shape index (κ3) is 5.73. The van der Waals surface area contributed by atoms with Crippen molar-refractivity contribution in [3.8, 4) is 0 Å². The van der Waals surface area contributed by atoms with Gasteiger partial charge in [0.25, 0.3) is 15.9 Å². The first kappa shape index (κ1) is 23.7. The van der Waals surface area contributed by atoms with Gasteiger partial charge in [0.05, 0.1) is 11.0 Å². The molecule has 1 unspecified atom stereocenters. The minimum atomic E-state index is -3.99. The highest BCUT2D eigenvalue weighted by molar-refractivity contribution is 7.92. The first-order valence-corrected chi connectivity index (χ1v) is 12.4. The van der Waals surface area contributed by atoms with Crippen molar-refractivity contribution in [2.45, 2.75) is 23.8 Å². The lowest BCUT2D eigenvalue weighted by atomic mass is 10.1. The van der Waals surface area contributed by atoms with Gasteiger partial charge in [0.2, 0.25) is 0 Å². The van der Waals surface area contributed by atoms with E-state index in [1.807, 2.05) is 24.3 Å². The lowest BCUT2D eigenvalue weighted by Gasteiger charge is -2.33. The van der Waals surface area contributed by atoms with Gasteiger partial charge in [0, 0.05) is 42.8 Å². The van der Waals surface area contributed by atoms with E-state index in [1.54, 1.807) is 19.2 Å². The molecule has 0 aromatic heterocycles. The maximum atomic E-state index is 13.4. The highest BCUT2D eigenvalue weighted by Crippen LogP contribution is 2.24. The molecule has 3 aromatic rings. The molecular formula is C25H26FN3O4S. The molecule has 34 heavy (non-hydrogen) atoms. The van der Waals surface area contributed by atoms with Crippen LogP contribution in [0.2, 0.25) is 0 Å². The van der Waals surface area contributed by atoms with Gasteiger partial charge in [-0.3, -0.25) is 9.52 Å². The standard InChI is InChI=1S/C25H26FN3O4S/c1-33-23-8-4-14-29(17-23)22-12-10-20(11-13-22)27-25(30)18-5-2-7-21(15-18)28-34(31,32)24-9-3-6-19(26)16-24/h2-3,5-7,9-13,15-16,23,28H,4,8,14,17H2,1H3,(H,27,30). The fourth-order valence-corrected chi connectivity index (χ4v) is 4.98. The number of hydrogen-bond donors (Lipinski definition) is 2. The number of ether oxygens (including phenoxy) is 1. The lowest BCUT2D eigenvalue weighted by molar-refractivity contribution is 0.0893. The van der Waals surface area contributed by atoms with Crippen molar-refractivity contribution in [2.24, 2.45) is 0 Å². The quantitative estimate of drug-likeness (QED) is 0.517. The SMILES string of the molecule is COC1CCCN(c2ccc(NC(=O)c3cccc(NS(=O)(=O)c4cccc(F)c4)c3)cc2)C1. The molecular weight excluding hydrogens is 457 g/mol. The number of carbonyl (C=O) groups excluding carboxylic acids is 1.